The molecular weight excluding hydrogens is 430 g/mol. The first-order chi connectivity index (χ1) is 15.3. The van der Waals surface area contributed by atoms with Crippen molar-refractivity contribution in [2.45, 2.75) is 44.2 Å². The first-order valence-electron chi connectivity index (χ1n) is 10.6. The second-order valence-electron chi connectivity index (χ2n) is 7.54. The number of hydrogen-bond acceptors (Lipinski definition) is 5. The molecule has 3 rings (SSSR count). The Labute approximate surface area is 188 Å². The zero-order valence-corrected chi connectivity index (χ0v) is 19.0. The number of carbonyl (C=O) groups excluding carboxylic acids is 3. The molecular formula is C23H27N3O5S. The molecule has 9 heteroatoms. The molecule has 0 radical (unpaired) electrons. The summed E-state index contributed by atoms with van der Waals surface area (Å²) in [6.45, 7) is 3.63. The number of nitrogens with zero attached hydrogens (tertiary/aromatic N) is 2. The van der Waals surface area contributed by atoms with Gasteiger partial charge in [-0.2, -0.15) is 0 Å². The van der Waals surface area contributed by atoms with Crippen LogP contribution in [0.4, 0.5) is 0 Å². The van der Waals surface area contributed by atoms with E-state index in [2.05, 4.69) is 5.32 Å². The van der Waals surface area contributed by atoms with Gasteiger partial charge >= 0.3 is 0 Å². The lowest BCUT2D eigenvalue weighted by molar-refractivity contribution is -0.141. The molecule has 8 nitrogen and oxygen atoms in total. The first-order valence-corrected chi connectivity index (χ1v) is 12.0. The summed E-state index contributed by atoms with van der Waals surface area (Å²) in [6, 6.07) is 14.2. The average Bonchev–Trinajstić information content (AvgIpc) is 2.99. The summed E-state index contributed by atoms with van der Waals surface area (Å²) >= 11 is 0. The third-order valence-electron chi connectivity index (χ3n) is 5.32. The van der Waals surface area contributed by atoms with Crippen LogP contribution in [0.5, 0.6) is 0 Å². The van der Waals surface area contributed by atoms with Crippen molar-refractivity contribution in [3.05, 3.63) is 65.7 Å². The number of hydrogen-bond donors (Lipinski definition) is 1. The normalized spacial score (nSPS) is 15.2. The minimum absolute atomic E-state index is 0.0441. The molecule has 0 saturated heterocycles. The predicted octanol–water partition coefficient (Wildman–Crippen LogP) is 2.16. The van der Waals surface area contributed by atoms with E-state index in [1.807, 2.05) is 37.3 Å². The Morgan fingerprint density at radius 1 is 1.03 bits per heavy atom. The van der Waals surface area contributed by atoms with Gasteiger partial charge in [-0.3, -0.25) is 14.4 Å². The summed E-state index contributed by atoms with van der Waals surface area (Å²) < 4.78 is 26.4. The Bertz CT molecular complexity index is 1100. The van der Waals surface area contributed by atoms with E-state index in [1.54, 1.807) is 13.0 Å². The van der Waals surface area contributed by atoms with Gasteiger partial charge in [0.15, 0.2) is 0 Å². The molecule has 1 N–H and O–H groups in total. The van der Waals surface area contributed by atoms with Gasteiger partial charge in [0.05, 0.1) is 5.56 Å². The Hall–Kier alpha value is -3.20. The molecule has 32 heavy (non-hydrogen) atoms. The van der Waals surface area contributed by atoms with Crippen molar-refractivity contribution in [1.82, 2.24) is 14.5 Å². The topological polar surface area (TPSA) is 104 Å². The van der Waals surface area contributed by atoms with E-state index in [0.717, 1.165) is 12.0 Å². The van der Waals surface area contributed by atoms with Crippen molar-refractivity contribution in [3.8, 4) is 0 Å². The molecule has 1 heterocycles. The van der Waals surface area contributed by atoms with Gasteiger partial charge in [-0.15, -0.1) is 0 Å². The number of carbonyl (C=O) groups is 3. The molecule has 3 amide bonds. The minimum Gasteiger partial charge on any atom is -0.354 e. The van der Waals surface area contributed by atoms with E-state index in [-0.39, 0.29) is 22.9 Å². The van der Waals surface area contributed by atoms with E-state index in [1.165, 1.54) is 23.1 Å². The maximum absolute atomic E-state index is 13.4. The Kier molecular flexibility index (Phi) is 7.29. The van der Waals surface area contributed by atoms with E-state index < -0.39 is 34.4 Å². The molecule has 2 aromatic rings. The van der Waals surface area contributed by atoms with Crippen LogP contribution in [0.1, 0.15) is 42.6 Å². The highest BCUT2D eigenvalue weighted by atomic mass is 32.2. The summed E-state index contributed by atoms with van der Waals surface area (Å²) in [5.74, 6) is -1.66. The van der Waals surface area contributed by atoms with Gasteiger partial charge in [0.1, 0.15) is 17.5 Å². The molecule has 1 atom stereocenters. The highest BCUT2D eigenvalue weighted by Gasteiger charge is 2.43. The van der Waals surface area contributed by atoms with E-state index in [0.29, 0.717) is 17.3 Å². The quantitative estimate of drug-likeness (QED) is 0.622. The second kappa shape index (κ2) is 9.95. The van der Waals surface area contributed by atoms with Gasteiger partial charge in [0.2, 0.25) is 11.8 Å². The van der Waals surface area contributed by atoms with Crippen LogP contribution in [-0.2, 0) is 26.2 Å². The lowest BCUT2D eigenvalue weighted by Gasteiger charge is -2.31. The number of amides is 3. The molecule has 170 valence electrons. The molecule has 0 spiro atoms. The van der Waals surface area contributed by atoms with Crippen LogP contribution < -0.4 is 5.32 Å². The number of rotatable bonds is 9. The summed E-state index contributed by atoms with van der Waals surface area (Å²) in [6.07, 6.45) is 1.09. The van der Waals surface area contributed by atoms with Crippen molar-refractivity contribution in [3.63, 3.8) is 0 Å². The summed E-state index contributed by atoms with van der Waals surface area (Å²) in [5, 5.41) is 2.81. The summed E-state index contributed by atoms with van der Waals surface area (Å²) in [7, 11) is -4.13. The SMILES string of the molecule is CCCNC(=O)C(CC)N(Cc1ccccc1)C(=O)CN1C(=O)c2ccccc2S1(=O)=O. The monoisotopic (exact) mass is 457 g/mol. The second-order valence-corrected chi connectivity index (χ2v) is 9.37. The van der Waals surface area contributed by atoms with Crippen LogP contribution >= 0.6 is 0 Å². The Morgan fingerprint density at radius 2 is 1.69 bits per heavy atom. The standard InChI is InChI=1S/C23H27N3O5S/c1-3-14-24-22(28)19(4-2)25(15-17-10-6-5-7-11-17)21(27)16-26-23(29)18-12-8-9-13-20(18)32(26,30)31/h5-13,19H,3-4,14-16H2,1-2H3,(H,24,28). The Balaban J connectivity index is 1.90. The highest BCUT2D eigenvalue weighted by molar-refractivity contribution is 7.90. The fourth-order valence-electron chi connectivity index (χ4n) is 3.67. The van der Waals surface area contributed by atoms with Crippen LogP contribution in [0.25, 0.3) is 0 Å². The van der Waals surface area contributed by atoms with Crippen molar-refractivity contribution >= 4 is 27.7 Å². The molecule has 1 aliphatic heterocycles. The number of sulfonamides is 1. The predicted molar refractivity (Wildman–Crippen MR) is 119 cm³/mol. The molecule has 0 aromatic heterocycles. The van der Waals surface area contributed by atoms with Gasteiger partial charge in [0, 0.05) is 13.1 Å². The zero-order valence-electron chi connectivity index (χ0n) is 18.2. The molecule has 0 saturated carbocycles. The van der Waals surface area contributed by atoms with Gasteiger partial charge < -0.3 is 10.2 Å². The number of fused-ring (bicyclic) bond motifs is 1. The van der Waals surface area contributed by atoms with Gasteiger partial charge in [-0.25, -0.2) is 12.7 Å². The number of nitrogens with one attached hydrogen (secondary N) is 1. The van der Waals surface area contributed by atoms with E-state index in [4.69, 9.17) is 0 Å². The smallest absolute Gasteiger partial charge is 0.269 e. The third kappa shape index (κ3) is 4.67. The maximum Gasteiger partial charge on any atom is 0.269 e. The Morgan fingerprint density at radius 3 is 2.31 bits per heavy atom. The first kappa shape index (κ1) is 23.5. The molecule has 0 aliphatic carbocycles. The maximum atomic E-state index is 13.4. The molecule has 1 unspecified atom stereocenters. The molecule has 2 aromatic carbocycles. The molecule has 0 fully saturated rings. The van der Waals surface area contributed by atoms with Crippen LogP contribution in [0.3, 0.4) is 0 Å². The van der Waals surface area contributed by atoms with E-state index >= 15 is 0 Å². The van der Waals surface area contributed by atoms with E-state index in [9.17, 15) is 22.8 Å². The number of benzene rings is 2. The largest absolute Gasteiger partial charge is 0.354 e. The van der Waals surface area contributed by atoms with Crippen LogP contribution in [0.2, 0.25) is 0 Å². The molecule has 0 bridgehead atoms. The van der Waals surface area contributed by atoms with Crippen molar-refractivity contribution in [2.75, 3.05) is 13.1 Å². The fraction of sp³-hybridized carbons (Fsp3) is 0.348. The lowest BCUT2D eigenvalue weighted by atomic mass is 10.1. The van der Waals surface area contributed by atoms with Gasteiger partial charge in [-0.05, 0) is 30.5 Å². The lowest BCUT2D eigenvalue weighted by Crippen LogP contribution is -2.52. The summed E-state index contributed by atoms with van der Waals surface area (Å²) in [4.78, 5) is 40.1. The summed E-state index contributed by atoms with van der Waals surface area (Å²) in [5.41, 5.74) is 0.837. The van der Waals surface area contributed by atoms with Gasteiger partial charge in [0.25, 0.3) is 15.9 Å². The minimum atomic E-state index is -4.13. The van der Waals surface area contributed by atoms with Crippen molar-refractivity contribution < 1.29 is 22.8 Å². The molecule has 1 aliphatic rings. The zero-order chi connectivity index (χ0) is 23.3. The van der Waals surface area contributed by atoms with Crippen molar-refractivity contribution in [1.29, 1.82) is 0 Å². The fourth-order valence-corrected chi connectivity index (χ4v) is 5.18. The van der Waals surface area contributed by atoms with Crippen molar-refractivity contribution in [2.24, 2.45) is 0 Å². The highest BCUT2D eigenvalue weighted by Crippen LogP contribution is 2.30. The van der Waals surface area contributed by atoms with Gasteiger partial charge in [-0.1, -0.05) is 56.3 Å². The van der Waals surface area contributed by atoms with Crippen LogP contribution in [-0.4, -0.2) is 54.5 Å². The van der Waals surface area contributed by atoms with Crippen LogP contribution in [0, 0.1) is 0 Å². The van der Waals surface area contributed by atoms with Crippen LogP contribution in [0.15, 0.2) is 59.5 Å². The third-order valence-corrected chi connectivity index (χ3v) is 7.11. The average molecular weight is 458 g/mol.